The summed E-state index contributed by atoms with van der Waals surface area (Å²) in [5, 5.41) is 11.8. The third-order valence-electron chi connectivity index (χ3n) is 4.53. The Bertz CT molecular complexity index is 620. The Balaban J connectivity index is 2.96. The summed E-state index contributed by atoms with van der Waals surface area (Å²) in [6.07, 6.45) is 6.99. The first-order valence-corrected chi connectivity index (χ1v) is 10.2. The molecule has 0 heterocycles. The van der Waals surface area contributed by atoms with Crippen molar-refractivity contribution in [3.05, 3.63) is 48.0 Å². The fourth-order valence-corrected chi connectivity index (χ4v) is 3.15. The van der Waals surface area contributed by atoms with Gasteiger partial charge in [0.1, 0.15) is 6.04 Å². The summed E-state index contributed by atoms with van der Waals surface area (Å²) in [7, 11) is 0. The van der Waals surface area contributed by atoms with E-state index >= 15 is 0 Å². The van der Waals surface area contributed by atoms with Crippen molar-refractivity contribution < 1.29 is 14.7 Å². The van der Waals surface area contributed by atoms with Crippen LogP contribution in [0.3, 0.4) is 0 Å². The van der Waals surface area contributed by atoms with Crippen LogP contribution in [0.4, 0.5) is 0 Å². The molecule has 1 unspecified atom stereocenters. The number of aliphatic hydroxyl groups is 1. The number of nitrogens with zero attached hydrogens (tertiary/aromatic N) is 1. The van der Waals surface area contributed by atoms with Gasteiger partial charge in [-0.05, 0) is 36.8 Å². The minimum absolute atomic E-state index is 0.0342. The lowest BCUT2D eigenvalue weighted by atomic mass is 9.84. The topological polar surface area (TPSA) is 69.6 Å². The van der Waals surface area contributed by atoms with Gasteiger partial charge < -0.3 is 15.3 Å². The molecular formula is C23H36N2O3. The molecule has 0 spiro atoms. The Morgan fingerprint density at radius 2 is 1.82 bits per heavy atom. The predicted molar refractivity (Wildman–Crippen MR) is 114 cm³/mol. The maximum atomic E-state index is 13.2. The third-order valence-corrected chi connectivity index (χ3v) is 4.53. The second-order valence-electron chi connectivity index (χ2n) is 8.07. The van der Waals surface area contributed by atoms with Gasteiger partial charge in [-0.2, -0.15) is 0 Å². The molecule has 0 aromatic heterocycles. The van der Waals surface area contributed by atoms with Gasteiger partial charge in [-0.15, -0.1) is 0 Å². The number of unbranched alkanes of at least 4 members (excludes halogenated alkanes) is 2. The Hall–Kier alpha value is -2.14. The molecule has 2 amide bonds. The summed E-state index contributed by atoms with van der Waals surface area (Å²) in [5.41, 5.74) is 0.216. The summed E-state index contributed by atoms with van der Waals surface area (Å²) in [4.78, 5) is 28.0. The van der Waals surface area contributed by atoms with Gasteiger partial charge in [0.2, 0.25) is 5.91 Å². The average Bonchev–Trinajstić information content (AvgIpc) is 2.66. The first-order chi connectivity index (χ1) is 13.3. The minimum atomic E-state index is -0.542. The van der Waals surface area contributed by atoms with Gasteiger partial charge >= 0.3 is 0 Å². The van der Waals surface area contributed by atoms with Crippen LogP contribution < -0.4 is 5.32 Å². The number of aliphatic hydroxyl groups excluding tert-OH is 1. The highest BCUT2D eigenvalue weighted by Gasteiger charge is 2.38. The van der Waals surface area contributed by atoms with Crippen LogP contribution in [0, 0.1) is 5.41 Å². The summed E-state index contributed by atoms with van der Waals surface area (Å²) in [6.45, 7) is 9.21. The highest BCUT2D eigenvalue weighted by molar-refractivity contribution is 5.97. The zero-order valence-corrected chi connectivity index (χ0v) is 17.8. The zero-order chi connectivity index (χ0) is 21.0. The van der Waals surface area contributed by atoms with E-state index in [-0.39, 0.29) is 23.8 Å². The molecule has 2 N–H and O–H groups in total. The molecular weight excluding hydrogens is 352 g/mol. The molecule has 28 heavy (non-hydrogen) atoms. The number of hydrogen-bond acceptors (Lipinski definition) is 3. The van der Waals surface area contributed by atoms with Crippen LogP contribution in [0.2, 0.25) is 0 Å². The quantitative estimate of drug-likeness (QED) is 0.448. The first-order valence-electron chi connectivity index (χ1n) is 10.2. The summed E-state index contributed by atoms with van der Waals surface area (Å²) in [6, 6.07) is 8.62. The van der Waals surface area contributed by atoms with E-state index in [9.17, 15) is 9.59 Å². The van der Waals surface area contributed by atoms with Crippen molar-refractivity contribution in [2.45, 2.75) is 59.4 Å². The number of benzene rings is 1. The van der Waals surface area contributed by atoms with E-state index in [1.807, 2.05) is 45.0 Å². The average molecular weight is 389 g/mol. The Morgan fingerprint density at radius 1 is 1.14 bits per heavy atom. The van der Waals surface area contributed by atoms with Crippen molar-refractivity contribution in [2.24, 2.45) is 5.41 Å². The molecule has 5 nitrogen and oxygen atoms in total. The Morgan fingerprint density at radius 3 is 2.39 bits per heavy atom. The van der Waals surface area contributed by atoms with Crippen molar-refractivity contribution in [1.82, 2.24) is 10.2 Å². The SMILES string of the molecule is CCCCN(C(=O)c1ccccc1)C(C(=O)NCCC/C=C/CO)C(C)(C)C. The number of allylic oxidation sites excluding steroid dienone is 1. The Kier molecular flexibility index (Phi) is 10.5. The van der Waals surface area contributed by atoms with Gasteiger partial charge in [0, 0.05) is 18.7 Å². The van der Waals surface area contributed by atoms with Gasteiger partial charge in [0.05, 0.1) is 6.61 Å². The van der Waals surface area contributed by atoms with E-state index in [1.54, 1.807) is 23.1 Å². The monoisotopic (exact) mass is 388 g/mol. The highest BCUT2D eigenvalue weighted by Crippen LogP contribution is 2.27. The molecule has 0 aliphatic heterocycles. The maximum absolute atomic E-state index is 13.2. The van der Waals surface area contributed by atoms with Crippen LogP contribution in [0.5, 0.6) is 0 Å². The summed E-state index contributed by atoms with van der Waals surface area (Å²) >= 11 is 0. The Labute approximate surface area is 169 Å². The van der Waals surface area contributed by atoms with E-state index in [2.05, 4.69) is 12.2 Å². The molecule has 156 valence electrons. The molecule has 1 rings (SSSR count). The second-order valence-corrected chi connectivity index (χ2v) is 8.07. The molecule has 1 aromatic carbocycles. The van der Waals surface area contributed by atoms with Crippen LogP contribution >= 0.6 is 0 Å². The van der Waals surface area contributed by atoms with Gasteiger partial charge in [0.25, 0.3) is 5.91 Å². The normalized spacial score (nSPS) is 12.8. The van der Waals surface area contributed by atoms with E-state index in [0.717, 1.165) is 25.7 Å². The van der Waals surface area contributed by atoms with Gasteiger partial charge in [-0.1, -0.05) is 64.5 Å². The molecule has 0 fully saturated rings. The van der Waals surface area contributed by atoms with Crippen molar-refractivity contribution in [3.8, 4) is 0 Å². The minimum Gasteiger partial charge on any atom is -0.392 e. The van der Waals surface area contributed by atoms with Crippen molar-refractivity contribution in [3.63, 3.8) is 0 Å². The molecule has 0 saturated heterocycles. The molecule has 0 aliphatic carbocycles. The van der Waals surface area contributed by atoms with Crippen LogP contribution in [-0.2, 0) is 4.79 Å². The van der Waals surface area contributed by atoms with E-state index < -0.39 is 6.04 Å². The number of rotatable bonds is 11. The van der Waals surface area contributed by atoms with Crippen molar-refractivity contribution in [2.75, 3.05) is 19.7 Å². The molecule has 5 heteroatoms. The fourth-order valence-electron chi connectivity index (χ4n) is 3.15. The van der Waals surface area contributed by atoms with Crippen LogP contribution in [-0.4, -0.2) is 47.6 Å². The molecule has 0 aliphatic rings. The van der Waals surface area contributed by atoms with Gasteiger partial charge in [0.15, 0.2) is 0 Å². The summed E-state index contributed by atoms with van der Waals surface area (Å²) in [5.74, 6) is -0.214. The highest BCUT2D eigenvalue weighted by atomic mass is 16.2. The van der Waals surface area contributed by atoms with Crippen LogP contribution in [0.1, 0.15) is 63.7 Å². The van der Waals surface area contributed by atoms with Gasteiger partial charge in [-0.3, -0.25) is 9.59 Å². The van der Waals surface area contributed by atoms with E-state index in [1.165, 1.54) is 0 Å². The number of amides is 2. The molecule has 0 bridgehead atoms. The number of carbonyl (C=O) groups is 2. The molecule has 1 atom stereocenters. The van der Waals surface area contributed by atoms with Crippen LogP contribution in [0.25, 0.3) is 0 Å². The molecule has 0 saturated carbocycles. The smallest absolute Gasteiger partial charge is 0.254 e. The number of hydrogen-bond donors (Lipinski definition) is 2. The van der Waals surface area contributed by atoms with E-state index in [4.69, 9.17) is 5.11 Å². The lowest BCUT2D eigenvalue weighted by Crippen LogP contribution is -2.56. The van der Waals surface area contributed by atoms with E-state index in [0.29, 0.717) is 18.7 Å². The molecule has 0 radical (unpaired) electrons. The fraction of sp³-hybridized carbons (Fsp3) is 0.565. The van der Waals surface area contributed by atoms with Crippen molar-refractivity contribution in [1.29, 1.82) is 0 Å². The number of carbonyl (C=O) groups excluding carboxylic acids is 2. The summed E-state index contributed by atoms with van der Waals surface area (Å²) < 4.78 is 0. The van der Waals surface area contributed by atoms with Crippen LogP contribution in [0.15, 0.2) is 42.5 Å². The molecule has 1 aromatic rings. The third kappa shape index (κ3) is 7.85. The first kappa shape index (κ1) is 23.9. The maximum Gasteiger partial charge on any atom is 0.254 e. The number of nitrogens with one attached hydrogen (secondary N) is 1. The zero-order valence-electron chi connectivity index (χ0n) is 17.8. The van der Waals surface area contributed by atoms with Crippen molar-refractivity contribution >= 4 is 11.8 Å². The lowest BCUT2D eigenvalue weighted by Gasteiger charge is -2.39. The van der Waals surface area contributed by atoms with Gasteiger partial charge in [-0.25, -0.2) is 0 Å². The lowest BCUT2D eigenvalue weighted by molar-refractivity contribution is -0.129. The standard InChI is InChI=1S/C23H36N2O3/c1-5-6-17-25(22(28)19-14-10-9-11-15-19)20(23(2,3)4)21(27)24-16-12-7-8-13-18-26/h8-11,13-15,20,26H,5-7,12,16-18H2,1-4H3,(H,24,27)/b13-8+. The predicted octanol–water partition coefficient (Wildman–Crippen LogP) is 3.79. The second kappa shape index (κ2) is 12.3. The largest absolute Gasteiger partial charge is 0.392 e.